The second-order valence-corrected chi connectivity index (χ2v) is 7.70. The number of carboxylic acids is 1. The molecule has 122 valence electrons. The van der Waals surface area contributed by atoms with E-state index in [0.717, 1.165) is 22.0 Å². The third kappa shape index (κ3) is 3.10. The average molecular weight is 326 g/mol. The highest BCUT2D eigenvalue weighted by molar-refractivity contribution is 7.89. The van der Waals surface area contributed by atoms with Crippen molar-refractivity contribution in [3.8, 4) is 0 Å². The number of nitrogens with zero attached hydrogens (tertiary/aromatic N) is 2. The Hall–Kier alpha value is -1.60. The number of piperidine rings is 1. The zero-order chi connectivity index (χ0) is 16.5. The van der Waals surface area contributed by atoms with Crippen LogP contribution in [0.5, 0.6) is 0 Å². The van der Waals surface area contributed by atoms with Gasteiger partial charge >= 0.3 is 5.97 Å². The summed E-state index contributed by atoms with van der Waals surface area (Å²) in [5.41, 5.74) is 1.78. The molecule has 2 rings (SSSR count). The highest BCUT2D eigenvalue weighted by atomic mass is 32.2. The van der Waals surface area contributed by atoms with Gasteiger partial charge in [0, 0.05) is 26.3 Å². The summed E-state index contributed by atoms with van der Waals surface area (Å²) in [4.78, 5) is 13.4. The molecule has 0 aliphatic carbocycles. The fourth-order valence-corrected chi connectivity index (χ4v) is 4.48. The largest absolute Gasteiger partial charge is 0.480 e. The van der Waals surface area contributed by atoms with E-state index >= 15 is 0 Å². The average Bonchev–Trinajstić information content (AvgIpc) is 2.47. The summed E-state index contributed by atoms with van der Waals surface area (Å²) in [6.45, 7) is 2.16. The van der Waals surface area contributed by atoms with Crippen molar-refractivity contribution in [1.29, 1.82) is 0 Å². The number of benzene rings is 1. The molecule has 1 aliphatic heterocycles. The summed E-state index contributed by atoms with van der Waals surface area (Å²) in [5.74, 6) is -1.08. The van der Waals surface area contributed by atoms with E-state index in [1.807, 2.05) is 25.9 Å². The smallest absolute Gasteiger partial charge is 0.322 e. The van der Waals surface area contributed by atoms with Gasteiger partial charge in [-0.1, -0.05) is 6.07 Å². The molecule has 1 N–H and O–H groups in total. The standard InChI is InChI=1S/C15H22N2O4S/c1-11-7-8-12(10-14(11)16(2)3)22(20,21)17-9-5-4-6-13(17)15(18)19/h7-8,10,13H,4-6,9H2,1-3H3,(H,18,19). The van der Waals surface area contributed by atoms with Crippen molar-refractivity contribution in [2.75, 3.05) is 25.5 Å². The highest BCUT2D eigenvalue weighted by Gasteiger charge is 2.37. The summed E-state index contributed by atoms with van der Waals surface area (Å²) in [5, 5.41) is 9.29. The summed E-state index contributed by atoms with van der Waals surface area (Å²) in [6.07, 6.45) is 1.79. The van der Waals surface area contributed by atoms with Crippen molar-refractivity contribution < 1.29 is 18.3 Å². The van der Waals surface area contributed by atoms with Crippen molar-refractivity contribution in [1.82, 2.24) is 4.31 Å². The zero-order valence-electron chi connectivity index (χ0n) is 13.1. The van der Waals surface area contributed by atoms with E-state index in [4.69, 9.17) is 0 Å². The van der Waals surface area contributed by atoms with Crippen LogP contribution in [0.4, 0.5) is 5.69 Å². The van der Waals surface area contributed by atoms with E-state index in [1.54, 1.807) is 18.2 Å². The molecule has 0 spiro atoms. The summed E-state index contributed by atoms with van der Waals surface area (Å²) < 4.78 is 26.8. The van der Waals surface area contributed by atoms with Crippen LogP contribution in [0.25, 0.3) is 0 Å². The zero-order valence-corrected chi connectivity index (χ0v) is 13.9. The lowest BCUT2D eigenvalue weighted by Gasteiger charge is -2.32. The van der Waals surface area contributed by atoms with E-state index in [9.17, 15) is 18.3 Å². The molecule has 6 nitrogen and oxygen atoms in total. The van der Waals surface area contributed by atoms with E-state index < -0.39 is 22.0 Å². The van der Waals surface area contributed by atoms with Gasteiger partial charge in [-0.15, -0.1) is 0 Å². The highest BCUT2D eigenvalue weighted by Crippen LogP contribution is 2.29. The molecule has 1 aromatic carbocycles. The predicted octanol–water partition coefficient (Wildman–Crippen LogP) is 1.69. The third-order valence-electron chi connectivity index (χ3n) is 4.01. The van der Waals surface area contributed by atoms with Crippen molar-refractivity contribution in [3.05, 3.63) is 23.8 Å². The summed E-state index contributed by atoms with van der Waals surface area (Å²) in [6, 6.07) is 3.94. The number of hydrogen-bond donors (Lipinski definition) is 1. The molecule has 0 bridgehead atoms. The molecule has 1 aliphatic rings. The van der Waals surface area contributed by atoms with Crippen LogP contribution in [-0.4, -0.2) is 50.5 Å². The summed E-state index contributed by atoms with van der Waals surface area (Å²) in [7, 11) is -0.109. The second kappa shape index (κ2) is 6.26. The van der Waals surface area contributed by atoms with E-state index in [1.165, 1.54) is 0 Å². The monoisotopic (exact) mass is 326 g/mol. The maximum absolute atomic E-state index is 12.8. The molecule has 22 heavy (non-hydrogen) atoms. The molecule has 1 atom stereocenters. The van der Waals surface area contributed by atoms with Crippen LogP contribution in [-0.2, 0) is 14.8 Å². The predicted molar refractivity (Wildman–Crippen MR) is 84.7 cm³/mol. The van der Waals surface area contributed by atoms with Gasteiger partial charge in [-0.2, -0.15) is 4.31 Å². The second-order valence-electron chi connectivity index (χ2n) is 5.81. The Bertz CT molecular complexity index is 670. The fourth-order valence-electron chi connectivity index (χ4n) is 2.81. The Kier molecular flexibility index (Phi) is 4.77. The normalized spacial score (nSPS) is 19.9. The van der Waals surface area contributed by atoms with E-state index in [2.05, 4.69) is 0 Å². The van der Waals surface area contributed by atoms with Crippen LogP contribution in [0.15, 0.2) is 23.1 Å². The van der Waals surface area contributed by atoms with Crippen LogP contribution in [0.1, 0.15) is 24.8 Å². The maximum Gasteiger partial charge on any atom is 0.322 e. The first-order chi connectivity index (χ1) is 10.2. The first-order valence-electron chi connectivity index (χ1n) is 7.28. The number of sulfonamides is 1. The first-order valence-corrected chi connectivity index (χ1v) is 8.72. The van der Waals surface area contributed by atoms with E-state index in [0.29, 0.717) is 12.8 Å². The molecule has 0 radical (unpaired) electrons. The van der Waals surface area contributed by atoms with E-state index in [-0.39, 0.29) is 11.4 Å². The molecular formula is C15H22N2O4S. The number of anilines is 1. The fraction of sp³-hybridized carbons (Fsp3) is 0.533. The quantitative estimate of drug-likeness (QED) is 0.911. The Morgan fingerprint density at radius 3 is 2.59 bits per heavy atom. The number of carbonyl (C=O) groups is 1. The van der Waals surface area contributed by atoms with Crippen molar-refractivity contribution >= 4 is 21.7 Å². The van der Waals surface area contributed by atoms with Gasteiger partial charge in [-0.3, -0.25) is 4.79 Å². The van der Waals surface area contributed by atoms with Gasteiger partial charge in [0.2, 0.25) is 10.0 Å². The van der Waals surface area contributed by atoms with Gasteiger partial charge in [0.15, 0.2) is 0 Å². The molecule has 1 heterocycles. The Balaban J connectivity index is 2.45. The van der Waals surface area contributed by atoms with Crippen molar-refractivity contribution in [3.63, 3.8) is 0 Å². The van der Waals surface area contributed by atoms with Crippen molar-refractivity contribution in [2.24, 2.45) is 0 Å². The minimum atomic E-state index is -3.80. The molecule has 0 saturated carbocycles. The molecule has 1 fully saturated rings. The number of aliphatic carboxylic acids is 1. The number of hydrogen-bond acceptors (Lipinski definition) is 4. The van der Waals surface area contributed by atoms with Crippen LogP contribution in [0.2, 0.25) is 0 Å². The van der Waals surface area contributed by atoms with Gasteiger partial charge < -0.3 is 10.0 Å². The molecule has 0 aromatic heterocycles. The Labute approximate surface area is 131 Å². The van der Waals surface area contributed by atoms with Gasteiger partial charge in [0.1, 0.15) is 6.04 Å². The van der Waals surface area contributed by atoms with Gasteiger partial charge in [0.25, 0.3) is 0 Å². The van der Waals surface area contributed by atoms with Crippen LogP contribution >= 0.6 is 0 Å². The lowest BCUT2D eigenvalue weighted by molar-refractivity contribution is -0.142. The van der Waals surface area contributed by atoms with Crippen molar-refractivity contribution in [2.45, 2.75) is 37.1 Å². The third-order valence-corrected chi connectivity index (χ3v) is 5.91. The molecule has 1 unspecified atom stereocenters. The molecule has 0 amide bonds. The molecule has 7 heteroatoms. The van der Waals surface area contributed by atoms with Gasteiger partial charge in [-0.25, -0.2) is 8.42 Å². The van der Waals surface area contributed by atoms with Gasteiger partial charge in [0.05, 0.1) is 4.90 Å². The Morgan fingerprint density at radius 1 is 1.32 bits per heavy atom. The maximum atomic E-state index is 12.8. The number of aryl methyl sites for hydroxylation is 1. The molecule has 1 saturated heterocycles. The SMILES string of the molecule is Cc1ccc(S(=O)(=O)N2CCCCC2C(=O)O)cc1N(C)C. The number of rotatable bonds is 4. The first kappa shape index (κ1) is 16.8. The lowest BCUT2D eigenvalue weighted by atomic mass is 10.1. The van der Waals surface area contributed by atoms with Gasteiger partial charge in [-0.05, 0) is 43.9 Å². The number of carboxylic acid groups (broad SMARTS) is 1. The van der Waals surface area contributed by atoms with Crippen LogP contribution < -0.4 is 4.90 Å². The van der Waals surface area contributed by atoms with Crippen LogP contribution in [0, 0.1) is 6.92 Å². The Morgan fingerprint density at radius 2 is 2.00 bits per heavy atom. The topological polar surface area (TPSA) is 77.9 Å². The minimum Gasteiger partial charge on any atom is -0.480 e. The molecule has 1 aromatic rings. The lowest BCUT2D eigenvalue weighted by Crippen LogP contribution is -2.47. The summed E-state index contributed by atoms with van der Waals surface area (Å²) >= 11 is 0. The minimum absolute atomic E-state index is 0.148. The van der Waals surface area contributed by atoms with Crippen LogP contribution in [0.3, 0.4) is 0 Å². The molecular weight excluding hydrogens is 304 g/mol.